The topological polar surface area (TPSA) is 71.7 Å². The summed E-state index contributed by atoms with van der Waals surface area (Å²) in [5.74, 6) is 0.631. The summed E-state index contributed by atoms with van der Waals surface area (Å²) in [6.45, 7) is 2.35. The van der Waals surface area contributed by atoms with Gasteiger partial charge in [0.05, 0.1) is 12.7 Å². The van der Waals surface area contributed by atoms with Crippen LogP contribution in [0.4, 0.5) is 0 Å². The van der Waals surface area contributed by atoms with Gasteiger partial charge in [-0.3, -0.25) is 4.79 Å². The monoisotopic (exact) mass is 329 g/mol. The fraction of sp³-hybridized carbons (Fsp3) is 0.421. The van der Waals surface area contributed by atoms with Crippen LogP contribution in [0.1, 0.15) is 35.9 Å². The molecule has 1 aromatic heterocycles. The average Bonchev–Trinajstić information content (AvgIpc) is 3.01. The molecule has 2 aromatic rings. The molecule has 1 aliphatic carbocycles. The van der Waals surface area contributed by atoms with Crippen molar-refractivity contribution < 1.29 is 19.1 Å². The minimum atomic E-state index is -0.252. The standard InChI is InChI=1S/C19H23NO4/c1-2-23-18-9-8-17(24-18)19(22)20-16(14-11-15(21)12-14)10-13-6-4-3-5-7-13/h3-9,14-16,21H,2,10-12H2,1H3,(H,20,22)/t14?,15?,16-/m0/s1. The van der Waals surface area contributed by atoms with E-state index in [0.717, 1.165) is 19.3 Å². The van der Waals surface area contributed by atoms with Crippen LogP contribution in [0.5, 0.6) is 5.95 Å². The number of aliphatic hydroxyl groups is 1. The van der Waals surface area contributed by atoms with Gasteiger partial charge in [-0.1, -0.05) is 30.3 Å². The van der Waals surface area contributed by atoms with E-state index in [2.05, 4.69) is 5.32 Å². The number of carbonyl (C=O) groups is 1. The maximum atomic E-state index is 12.5. The van der Waals surface area contributed by atoms with E-state index in [9.17, 15) is 9.90 Å². The number of amides is 1. The summed E-state index contributed by atoms with van der Waals surface area (Å²) in [7, 11) is 0. The number of furan rings is 1. The summed E-state index contributed by atoms with van der Waals surface area (Å²) in [4.78, 5) is 12.5. The van der Waals surface area contributed by atoms with Crippen LogP contribution >= 0.6 is 0 Å². The van der Waals surface area contributed by atoms with Crippen LogP contribution in [0.2, 0.25) is 0 Å². The SMILES string of the molecule is CCOc1ccc(C(=O)N[C@@H](Cc2ccccc2)C2CC(O)C2)o1. The Morgan fingerprint density at radius 1 is 1.29 bits per heavy atom. The molecule has 1 aromatic carbocycles. The first-order chi connectivity index (χ1) is 11.7. The molecule has 1 heterocycles. The largest absolute Gasteiger partial charge is 0.465 e. The van der Waals surface area contributed by atoms with E-state index >= 15 is 0 Å². The van der Waals surface area contributed by atoms with E-state index in [1.807, 2.05) is 37.3 Å². The summed E-state index contributed by atoms with van der Waals surface area (Å²) in [5, 5.41) is 12.7. The molecule has 0 radical (unpaired) electrons. The lowest BCUT2D eigenvalue weighted by Gasteiger charge is -2.38. The summed E-state index contributed by atoms with van der Waals surface area (Å²) in [6.07, 6.45) is 1.93. The van der Waals surface area contributed by atoms with Crippen molar-refractivity contribution >= 4 is 5.91 Å². The van der Waals surface area contributed by atoms with Crippen LogP contribution in [0.3, 0.4) is 0 Å². The van der Waals surface area contributed by atoms with Crippen molar-refractivity contribution in [3.63, 3.8) is 0 Å². The van der Waals surface area contributed by atoms with E-state index in [1.165, 1.54) is 5.56 Å². The number of ether oxygens (including phenoxy) is 1. The predicted molar refractivity (Wildman–Crippen MR) is 90.0 cm³/mol. The lowest BCUT2D eigenvalue weighted by molar-refractivity contribution is 0.0236. The Hall–Kier alpha value is -2.27. The molecule has 0 spiro atoms. The second-order valence-corrected chi connectivity index (χ2v) is 6.21. The van der Waals surface area contributed by atoms with Crippen LogP contribution in [-0.4, -0.2) is 29.8 Å². The molecule has 2 N–H and O–H groups in total. The zero-order chi connectivity index (χ0) is 16.9. The van der Waals surface area contributed by atoms with Gasteiger partial charge in [-0.15, -0.1) is 0 Å². The van der Waals surface area contributed by atoms with Gasteiger partial charge in [0.15, 0.2) is 5.76 Å². The van der Waals surface area contributed by atoms with Crippen molar-refractivity contribution in [2.45, 2.75) is 38.3 Å². The molecule has 5 heteroatoms. The van der Waals surface area contributed by atoms with E-state index in [0.29, 0.717) is 12.6 Å². The fourth-order valence-corrected chi connectivity index (χ4v) is 3.06. The molecule has 1 fully saturated rings. The van der Waals surface area contributed by atoms with Crippen LogP contribution in [0.15, 0.2) is 46.9 Å². The van der Waals surface area contributed by atoms with Crippen LogP contribution in [0.25, 0.3) is 0 Å². The van der Waals surface area contributed by atoms with Gasteiger partial charge in [0.2, 0.25) is 0 Å². The Balaban J connectivity index is 1.67. The maximum absolute atomic E-state index is 12.5. The van der Waals surface area contributed by atoms with E-state index in [4.69, 9.17) is 9.15 Å². The molecule has 0 unspecified atom stereocenters. The number of nitrogens with one attached hydrogen (secondary N) is 1. The Morgan fingerprint density at radius 2 is 2.04 bits per heavy atom. The lowest BCUT2D eigenvalue weighted by Crippen LogP contribution is -2.48. The van der Waals surface area contributed by atoms with Gasteiger partial charge in [-0.25, -0.2) is 0 Å². The Kier molecular flexibility index (Phi) is 5.20. The molecule has 24 heavy (non-hydrogen) atoms. The minimum Gasteiger partial charge on any atom is -0.465 e. The zero-order valence-corrected chi connectivity index (χ0v) is 13.8. The van der Waals surface area contributed by atoms with Gasteiger partial charge in [-0.2, -0.15) is 0 Å². The van der Waals surface area contributed by atoms with Crippen molar-refractivity contribution in [2.75, 3.05) is 6.61 Å². The van der Waals surface area contributed by atoms with Gasteiger partial charge in [0.1, 0.15) is 0 Å². The predicted octanol–water partition coefficient (Wildman–Crippen LogP) is 2.79. The fourth-order valence-electron chi connectivity index (χ4n) is 3.06. The second-order valence-electron chi connectivity index (χ2n) is 6.21. The number of rotatable bonds is 7. The van der Waals surface area contributed by atoms with Crippen molar-refractivity contribution in [3.05, 3.63) is 53.8 Å². The van der Waals surface area contributed by atoms with E-state index in [-0.39, 0.29) is 29.7 Å². The highest BCUT2D eigenvalue weighted by atomic mass is 16.6. The molecule has 0 aliphatic heterocycles. The average molecular weight is 329 g/mol. The number of carbonyl (C=O) groups excluding carboxylic acids is 1. The molecule has 5 nitrogen and oxygen atoms in total. The molecule has 1 saturated carbocycles. The van der Waals surface area contributed by atoms with Crippen LogP contribution in [0, 0.1) is 5.92 Å². The van der Waals surface area contributed by atoms with Crippen molar-refractivity contribution in [1.82, 2.24) is 5.32 Å². The molecular formula is C19H23NO4. The maximum Gasteiger partial charge on any atom is 0.287 e. The molecule has 1 amide bonds. The van der Waals surface area contributed by atoms with E-state index < -0.39 is 0 Å². The van der Waals surface area contributed by atoms with Gasteiger partial charge in [0.25, 0.3) is 11.9 Å². The van der Waals surface area contributed by atoms with Crippen LogP contribution < -0.4 is 10.1 Å². The molecule has 3 rings (SSSR count). The number of benzene rings is 1. The summed E-state index contributed by atoms with van der Waals surface area (Å²) in [6, 6.07) is 13.3. The quantitative estimate of drug-likeness (QED) is 0.819. The van der Waals surface area contributed by atoms with Gasteiger partial charge < -0.3 is 19.6 Å². The van der Waals surface area contributed by atoms with Gasteiger partial charge in [0, 0.05) is 12.1 Å². The summed E-state index contributed by atoms with van der Waals surface area (Å²) in [5.41, 5.74) is 1.17. The normalized spacial score (nSPS) is 20.9. The van der Waals surface area contributed by atoms with Crippen LogP contribution in [-0.2, 0) is 6.42 Å². The first kappa shape index (κ1) is 16.6. The third-order valence-electron chi connectivity index (χ3n) is 4.43. The van der Waals surface area contributed by atoms with Crippen molar-refractivity contribution in [3.8, 4) is 5.95 Å². The molecule has 0 bridgehead atoms. The molecule has 1 atom stereocenters. The molecular weight excluding hydrogens is 306 g/mol. The Bertz CT molecular complexity index is 661. The number of hydrogen-bond donors (Lipinski definition) is 2. The molecule has 1 aliphatic rings. The third kappa shape index (κ3) is 3.97. The van der Waals surface area contributed by atoms with Gasteiger partial charge >= 0.3 is 0 Å². The second kappa shape index (κ2) is 7.53. The molecule has 128 valence electrons. The highest BCUT2D eigenvalue weighted by Gasteiger charge is 2.35. The zero-order valence-electron chi connectivity index (χ0n) is 13.8. The third-order valence-corrected chi connectivity index (χ3v) is 4.43. The summed E-state index contributed by atoms with van der Waals surface area (Å²) < 4.78 is 10.7. The first-order valence-electron chi connectivity index (χ1n) is 8.41. The minimum absolute atomic E-state index is 0.0241. The number of hydrogen-bond acceptors (Lipinski definition) is 4. The summed E-state index contributed by atoms with van der Waals surface area (Å²) >= 11 is 0. The van der Waals surface area contributed by atoms with Crippen molar-refractivity contribution in [1.29, 1.82) is 0 Å². The molecule has 0 saturated heterocycles. The van der Waals surface area contributed by atoms with Gasteiger partial charge in [-0.05, 0) is 43.7 Å². The Morgan fingerprint density at radius 3 is 2.71 bits per heavy atom. The number of aliphatic hydroxyl groups excluding tert-OH is 1. The highest BCUT2D eigenvalue weighted by Crippen LogP contribution is 2.32. The first-order valence-corrected chi connectivity index (χ1v) is 8.41. The van der Waals surface area contributed by atoms with Crippen molar-refractivity contribution in [2.24, 2.45) is 5.92 Å². The Labute approximate surface area is 141 Å². The lowest BCUT2D eigenvalue weighted by atomic mass is 9.75. The highest BCUT2D eigenvalue weighted by molar-refractivity contribution is 5.91. The van der Waals surface area contributed by atoms with E-state index in [1.54, 1.807) is 12.1 Å². The smallest absolute Gasteiger partial charge is 0.287 e.